The second-order valence-electron chi connectivity index (χ2n) is 3.37. The van der Waals surface area contributed by atoms with Gasteiger partial charge in [-0.25, -0.2) is 0 Å². The lowest BCUT2D eigenvalue weighted by Gasteiger charge is -2.11. The monoisotopic (exact) mass is 217 g/mol. The van der Waals surface area contributed by atoms with Crippen LogP contribution in [-0.2, 0) is 0 Å². The number of rotatable bonds is 5. The number of nitriles is 1. The molecule has 1 rings (SSSR count). The van der Waals surface area contributed by atoms with Crippen molar-refractivity contribution in [3.8, 4) is 17.6 Å². The lowest BCUT2D eigenvalue weighted by atomic mass is 10.2. The minimum Gasteiger partial charge on any atom is -0.493 e. The Balaban J connectivity index is 2.80. The molecule has 0 radical (unpaired) electrons. The van der Waals surface area contributed by atoms with Crippen LogP contribution in [0.4, 0.5) is 0 Å². The van der Waals surface area contributed by atoms with Crippen LogP contribution in [0, 0.1) is 11.3 Å². The van der Waals surface area contributed by atoms with E-state index in [4.69, 9.17) is 14.7 Å². The minimum absolute atomic E-state index is 0.471. The summed E-state index contributed by atoms with van der Waals surface area (Å²) in [5.74, 6) is 1.21. The van der Waals surface area contributed by atoms with E-state index in [-0.39, 0.29) is 0 Å². The van der Waals surface area contributed by atoms with Gasteiger partial charge >= 0.3 is 0 Å². The second kappa shape index (κ2) is 5.82. The largest absolute Gasteiger partial charge is 0.493 e. The highest BCUT2D eigenvalue weighted by molar-refractivity contribution is 5.46. The first-order valence-electron chi connectivity index (χ1n) is 5.08. The van der Waals surface area contributed by atoms with Gasteiger partial charge in [-0.15, -0.1) is 0 Å². The van der Waals surface area contributed by atoms with E-state index in [1.807, 2.05) is 6.92 Å². The summed E-state index contributed by atoms with van der Waals surface area (Å²) in [7, 11) is 1.55. The van der Waals surface area contributed by atoms with Crippen molar-refractivity contribution in [2.24, 2.45) is 0 Å². The van der Waals surface area contributed by atoms with Crippen molar-refractivity contribution in [2.45, 2.75) is 13.3 Å². The van der Waals surface area contributed by atoms with Gasteiger partial charge in [0.1, 0.15) is 6.61 Å². The zero-order valence-corrected chi connectivity index (χ0v) is 9.62. The van der Waals surface area contributed by atoms with Crippen LogP contribution in [0.25, 0.3) is 0 Å². The minimum atomic E-state index is 0.471. The van der Waals surface area contributed by atoms with Crippen LogP contribution in [0.2, 0.25) is 0 Å². The van der Waals surface area contributed by atoms with Gasteiger partial charge in [0.15, 0.2) is 11.5 Å². The Kier molecular flexibility index (Phi) is 4.41. The van der Waals surface area contributed by atoms with E-state index < -0.39 is 0 Å². The number of benzene rings is 1. The SMILES string of the molecule is C=C(CC)COc1ccc(C#N)cc1OC. The molecule has 0 saturated heterocycles. The predicted octanol–water partition coefficient (Wildman–Crippen LogP) is 2.91. The normalized spacial score (nSPS) is 9.31. The van der Waals surface area contributed by atoms with Crippen LogP contribution in [0.5, 0.6) is 11.5 Å². The number of nitrogens with zero attached hydrogens (tertiary/aromatic N) is 1. The van der Waals surface area contributed by atoms with Gasteiger partial charge in [0, 0.05) is 6.07 Å². The van der Waals surface area contributed by atoms with Gasteiger partial charge in [-0.2, -0.15) is 5.26 Å². The molecule has 84 valence electrons. The molecule has 0 saturated carbocycles. The molecule has 16 heavy (non-hydrogen) atoms. The summed E-state index contributed by atoms with van der Waals surface area (Å²) in [4.78, 5) is 0. The molecule has 0 bridgehead atoms. The van der Waals surface area contributed by atoms with E-state index in [2.05, 4.69) is 12.6 Å². The van der Waals surface area contributed by atoms with Gasteiger partial charge in [0.05, 0.1) is 18.7 Å². The maximum Gasteiger partial charge on any atom is 0.162 e. The predicted molar refractivity (Wildman–Crippen MR) is 62.6 cm³/mol. The van der Waals surface area contributed by atoms with Crippen LogP contribution in [0.1, 0.15) is 18.9 Å². The molecule has 0 aliphatic rings. The van der Waals surface area contributed by atoms with E-state index in [0.29, 0.717) is 23.7 Å². The summed E-state index contributed by atoms with van der Waals surface area (Å²) in [5, 5.41) is 8.74. The highest BCUT2D eigenvalue weighted by Crippen LogP contribution is 2.28. The van der Waals surface area contributed by atoms with E-state index in [1.165, 1.54) is 0 Å². The average Bonchev–Trinajstić information content (AvgIpc) is 2.35. The van der Waals surface area contributed by atoms with Crippen molar-refractivity contribution in [1.82, 2.24) is 0 Å². The fourth-order valence-electron chi connectivity index (χ4n) is 1.14. The quantitative estimate of drug-likeness (QED) is 0.712. The molecule has 1 aromatic rings. The number of hydrogen-bond acceptors (Lipinski definition) is 3. The van der Waals surface area contributed by atoms with E-state index in [1.54, 1.807) is 25.3 Å². The zero-order chi connectivity index (χ0) is 12.0. The maximum absolute atomic E-state index is 8.74. The Labute approximate surface area is 95.9 Å². The Bertz CT molecular complexity index is 418. The summed E-state index contributed by atoms with van der Waals surface area (Å²) in [6.45, 7) is 6.36. The van der Waals surface area contributed by atoms with Crippen LogP contribution in [-0.4, -0.2) is 13.7 Å². The van der Waals surface area contributed by atoms with Crippen LogP contribution < -0.4 is 9.47 Å². The standard InChI is InChI=1S/C13H15NO2/c1-4-10(2)9-16-12-6-5-11(8-14)7-13(12)15-3/h5-7H,2,4,9H2,1,3H3. The molecule has 3 heteroatoms. The maximum atomic E-state index is 8.74. The first kappa shape index (κ1) is 12.1. The molecule has 0 aliphatic carbocycles. The van der Waals surface area contributed by atoms with E-state index >= 15 is 0 Å². The van der Waals surface area contributed by atoms with Crippen molar-refractivity contribution in [2.75, 3.05) is 13.7 Å². The summed E-state index contributed by atoms with van der Waals surface area (Å²) >= 11 is 0. The molecule has 0 heterocycles. The molecule has 0 aliphatic heterocycles. The number of hydrogen-bond donors (Lipinski definition) is 0. The molecule has 0 fully saturated rings. The summed E-state index contributed by atoms with van der Waals surface area (Å²) in [5.41, 5.74) is 1.57. The Morgan fingerprint density at radius 3 is 2.75 bits per heavy atom. The third-order valence-electron chi connectivity index (χ3n) is 2.22. The molecule has 0 atom stereocenters. The van der Waals surface area contributed by atoms with Gasteiger partial charge in [-0.3, -0.25) is 0 Å². The van der Waals surface area contributed by atoms with Crippen LogP contribution in [0.15, 0.2) is 30.4 Å². The van der Waals surface area contributed by atoms with Crippen molar-refractivity contribution in [1.29, 1.82) is 5.26 Å². The molecule has 0 unspecified atom stereocenters. The molecule has 0 aromatic heterocycles. The molecule has 0 amide bonds. The smallest absolute Gasteiger partial charge is 0.162 e. The van der Waals surface area contributed by atoms with Gasteiger partial charge in [-0.05, 0) is 24.1 Å². The Morgan fingerprint density at radius 2 is 2.19 bits per heavy atom. The lowest BCUT2D eigenvalue weighted by Crippen LogP contribution is -2.01. The van der Waals surface area contributed by atoms with Crippen LogP contribution >= 0.6 is 0 Å². The molecular weight excluding hydrogens is 202 g/mol. The highest BCUT2D eigenvalue weighted by atomic mass is 16.5. The Hall–Kier alpha value is -1.95. The third kappa shape index (κ3) is 3.03. The topological polar surface area (TPSA) is 42.2 Å². The fraction of sp³-hybridized carbons (Fsp3) is 0.308. The molecule has 0 spiro atoms. The van der Waals surface area contributed by atoms with Gasteiger partial charge in [0.25, 0.3) is 0 Å². The Morgan fingerprint density at radius 1 is 1.44 bits per heavy atom. The van der Waals surface area contributed by atoms with Gasteiger partial charge in [-0.1, -0.05) is 13.5 Å². The molecular formula is C13H15NO2. The summed E-state index contributed by atoms with van der Waals surface area (Å²) in [6, 6.07) is 7.15. The lowest BCUT2D eigenvalue weighted by molar-refractivity contribution is 0.317. The van der Waals surface area contributed by atoms with Crippen molar-refractivity contribution in [3.63, 3.8) is 0 Å². The van der Waals surface area contributed by atoms with Crippen LogP contribution in [0.3, 0.4) is 0 Å². The average molecular weight is 217 g/mol. The first-order valence-corrected chi connectivity index (χ1v) is 5.08. The fourth-order valence-corrected chi connectivity index (χ4v) is 1.14. The summed E-state index contributed by atoms with van der Waals surface area (Å²) < 4.78 is 10.7. The van der Waals surface area contributed by atoms with E-state index in [9.17, 15) is 0 Å². The number of ether oxygens (including phenoxy) is 2. The molecule has 1 aromatic carbocycles. The van der Waals surface area contributed by atoms with Crippen molar-refractivity contribution >= 4 is 0 Å². The third-order valence-corrected chi connectivity index (χ3v) is 2.22. The van der Waals surface area contributed by atoms with Crippen molar-refractivity contribution < 1.29 is 9.47 Å². The molecule has 0 N–H and O–H groups in total. The second-order valence-corrected chi connectivity index (χ2v) is 3.37. The molecule has 3 nitrogen and oxygen atoms in total. The van der Waals surface area contributed by atoms with Gasteiger partial charge in [0.2, 0.25) is 0 Å². The van der Waals surface area contributed by atoms with E-state index in [0.717, 1.165) is 12.0 Å². The first-order chi connectivity index (χ1) is 7.71. The van der Waals surface area contributed by atoms with Gasteiger partial charge < -0.3 is 9.47 Å². The zero-order valence-electron chi connectivity index (χ0n) is 9.62. The number of methoxy groups -OCH3 is 1. The van der Waals surface area contributed by atoms with Crippen molar-refractivity contribution in [3.05, 3.63) is 35.9 Å². The highest BCUT2D eigenvalue weighted by Gasteiger charge is 2.05. The summed E-state index contributed by atoms with van der Waals surface area (Å²) in [6.07, 6.45) is 0.887.